The van der Waals surface area contributed by atoms with E-state index in [4.69, 9.17) is 14.2 Å². The predicted molar refractivity (Wildman–Crippen MR) is 107 cm³/mol. The summed E-state index contributed by atoms with van der Waals surface area (Å²) in [7, 11) is 1.65. The highest BCUT2D eigenvalue weighted by molar-refractivity contribution is 5.68. The summed E-state index contributed by atoms with van der Waals surface area (Å²) in [6.07, 6.45) is 4.62. The van der Waals surface area contributed by atoms with E-state index in [-0.39, 0.29) is 18.3 Å². The van der Waals surface area contributed by atoms with Gasteiger partial charge >= 0.3 is 6.09 Å². The maximum absolute atomic E-state index is 11.5. The highest BCUT2D eigenvalue weighted by Crippen LogP contribution is 2.38. The monoisotopic (exact) mass is 381 g/mol. The number of benzene rings is 2. The fraction of sp³-hybridized carbons (Fsp3) is 0.435. The van der Waals surface area contributed by atoms with Crippen LogP contribution in [0.25, 0.3) is 0 Å². The van der Waals surface area contributed by atoms with Gasteiger partial charge in [0.2, 0.25) is 0 Å². The van der Waals surface area contributed by atoms with Crippen LogP contribution in [0.1, 0.15) is 55.3 Å². The molecule has 2 aromatic rings. The molecular weight excluding hydrogens is 354 g/mol. The summed E-state index contributed by atoms with van der Waals surface area (Å²) in [5.41, 5.74) is 2.37. The third kappa shape index (κ3) is 4.24. The van der Waals surface area contributed by atoms with Gasteiger partial charge in [-0.1, -0.05) is 36.4 Å². The van der Waals surface area contributed by atoms with E-state index in [9.17, 15) is 4.79 Å². The molecule has 2 fully saturated rings. The van der Waals surface area contributed by atoms with Crippen LogP contribution in [0.2, 0.25) is 0 Å². The van der Waals surface area contributed by atoms with E-state index in [1.54, 1.807) is 7.11 Å². The minimum Gasteiger partial charge on any atom is -0.493 e. The van der Waals surface area contributed by atoms with Gasteiger partial charge in [-0.05, 0) is 54.9 Å². The number of nitrogens with one attached hydrogen (secondary N) is 1. The minimum absolute atomic E-state index is 0.180. The maximum atomic E-state index is 11.5. The SMILES string of the molecule is COc1ccc(C2CCNC(=O)O2)cc1OC1CCC(c2ccccc2)CC1. The number of carbonyl (C=O) groups excluding carboxylic acids is 1. The van der Waals surface area contributed by atoms with E-state index in [1.165, 1.54) is 5.56 Å². The van der Waals surface area contributed by atoms with Crippen molar-refractivity contribution in [2.45, 2.75) is 50.2 Å². The van der Waals surface area contributed by atoms with Gasteiger partial charge < -0.3 is 19.5 Å². The maximum Gasteiger partial charge on any atom is 0.407 e. The molecule has 2 aliphatic rings. The topological polar surface area (TPSA) is 56.8 Å². The van der Waals surface area contributed by atoms with E-state index in [0.717, 1.165) is 43.4 Å². The smallest absolute Gasteiger partial charge is 0.407 e. The summed E-state index contributed by atoms with van der Waals surface area (Å²) < 4.78 is 17.2. The van der Waals surface area contributed by atoms with Gasteiger partial charge in [-0.15, -0.1) is 0 Å². The molecule has 1 unspecified atom stereocenters. The van der Waals surface area contributed by atoms with Gasteiger partial charge in [-0.2, -0.15) is 0 Å². The predicted octanol–water partition coefficient (Wildman–Crippen LogP) is 4.97. The van der Waals surface area contributed by atoms with Crippen molar-refractivity contribution >= 4 is 6.09 Å². The number of rotatable bonds is 5. The van der Waals surface area contributed by atoms with Gasteiger partial charge in [0.05, 0.1) is 13.2 Å². The Bertz CT molecular complexity index is 800. The molecule has 0 radical (unpaired) electrons. The fourth-order valence-electron chi connectivity index (χ4n) is 4.17. The molecule has 1 heterocycles. The van der Waals surface area contributed by atoms with Crippen LogP contribution in [0.3, 0.4) is 0 Å². The first-order valence-corrected chi connectivity index (χ1v) is 10.1. The third-order valence-electron chi connectivity index (χ3n) is 5.72. The number of alkyl carbamates (subject to hydrolysis) is 1. The summed E-state index contributed by atoms with van der Waals surface area (Å²) in [5, 5.41) is 2.69. The number of hydrogen-bond donors (Lipinski definition) is 1. The molecule has 1 saturated carbocycles. The molecule has 4 rings (SSSR count). The van der Waals surface area contributed by atoms with Crippen molar-refractivity contribution in [3.05, 3.63) is 59.7 Å². The highest BCUT2D eigenvalue weighted by atomic mass is 16.6. The second kappa shape index (κ2) is 8.55. The van der Waals surface area contributed by atoms with Gasteiger partial charge in [0.1, 0.15) is 6.10 Å². The quantitative estimate of drug-likeness (QED) is 0.794. The molecule has 148 valence electrons. The third-order valence-corrected chi connectivity index (χ3v) is 5.72. The van der Waals surface area contributed by atoms with Gasteiger partial charge in [-0.25, -0.2) is 4.79 Å². The van der Waals surface area contributed by atoms with E-state index >= 15 is 0 Å². The van der Waals surface area contributed by atoms with Crippen molar-refractivity contribution in [3.8, 4) is 11.5 Å². The Morgan fingerprint density at radius 2 is 1.71 bits per heavy atom. The van der Waals surface area contributed by atoms with Gasteiger partial charge in [0.25, 0.3) is 0 Å². The Hall–Kier alpha value is -2.69. The Morgan fingerprint density at radius 3 is 2.43 bits per heavy atom. The molecule has 5 heteroatoms. The van der Waals surface area contributed by atoms with Crippen molar-refractivity contribution < 1.29 is 19.0 Å². The zero-order chi connectivity index (χ0) is 19.3. The molecule has 1 aliphatic heterocycles. The molecule has 1 amide bonds. The van der Waals surface area contributed by atoms with E-state index in [2.05, 4.69) is 35.6 Å². The number of carbonyl (C=O) groups is 1. The van der Waals surface area contributed by atoms with Gasteiger partial charge in [-0.3, -0.25) is 0 Å². The highest BCUT2D eigenvalue weighted by Gasteiger charge is 2.26. The number of amides is 1. The first kappa shape index (κ1) is 18.7. The number of cyclic esters (lactones) is 1. The average Bonchev–Trinajstić information content (AvgIpc) is 2.75. The Kier molecular flexibility index (Phi) is 5.70. The normalized spacial score (nSPS) is 24.8. The number of ether oxygens (including phenoxy) is 3. The second-order valence-electron chi connectivity index (χ2n) is 7.52. The van der Waals surface area contributed by atoms with Crippen LogP contribution in [0, 0.1) is 0 Å². The van der Waals surface area contributed by atoms with Crippen LogP contribution in [-0.4, -0.2) is 25.9 Å². The van der Waals surface area contributed by atoms with Crippen molar-refractivity contribution in [2.24, 2.45) is 0 Å². The molecule has 2 aromatic carbocycles. The fourth-order valence-corrected chi connectivity index (χ4v) is 4.17. The van der Waals surface area contributed by atoms with Crippen LogP contribution in [0.4, 0.5) is 4.79 Å². The lowest BCUT2D eigenvalue weighted by molar-refractivity contribution is 0.0733. The summed E-state index contributed by atoms with van der Waals surface area (Å²) in [4.78, 5) is 11.5. The first-order valence-electron chi connectivity index (χ1n) is 10.1. The van der Waals surface area contributed by atoms with E-state index in [0.29, 0.717) is 18.2 Å². The van der Waals surface area contributed by atoms with Crippen molar-refractivity contribution in [2.75, 3.05) is 13.7 Å². The lowest BCUT2D eigenvalue weighted by Crippen LogP contribution is -2.33. The van der Waals surface area contributed by atoms with Gasteiger partial charge in [0.15, 0.2) is 11.5 Å². The lowest BCUT2D eigenvalue weighted by Gasteiger charge is -2.30. The Labute approximate surface area is 166 Å². The summed E-state index contributed by atoms with van der Waals surface area (Å²) in [6.45, 7) is 0.620. The van der Waals surface area contributed by atoms with E-state index < -0.39 is 0 Å². The number of methoxy groups -OCH3 is 1. The van der Waals surface area contributed by atoms with Crippen LogP contribution >= 0.6 is 0 Å². The molecular formula is C23H27NO4. The van der Waals surface area contributed by atoms with Crippen LogP contribution in [-0.2, 0) is 4.74 Å². The van der Waals surface area contributed by atoms with Crippen molar-refractivity contribution in [1.29, 1.82) is 0 Å². The second-order valence-corrected chi connectivity index (χ2v) is 7.52. The Balaban J connectivity index is 1.42. The van der Waals surface area contributed by atoms with Crippen LogP contribution in [0.5, 0.6) is 11.5 Å². The zero-order valence-corrected chi connectivity index (χ0v) is 16.2. The molecule has 1 saturated heterocycles. The van der Waals surface area contributed by atoms with Gasteiger partial charge in [0, 0.05) is 13.0 Å². The van der Waals surface area contributed by atoms with Crippen LogP contribution in [0.15, 0.2) is 48.5 Å². The molecule has 28 heavy (non-hydrogen) atoms. The molecule has 1 N–H and O–H groups in total. The average molecular weight is 381 g/mol. The molecule has 0 bridgehead atoms. The van der Waals surface area contributed by atoms with E-state index in [1.807, 2.05) is 18.2 Å². The minimum atomic E-state index is -0.367. The largest absolute Gasteiger partial charge is 0.493 e. The molecule has 0 spiro atoms. The summed E-state index contributed by atoms with van der Waals surface area (Å²) in [5.74, 6) is 2.07. The molecule has 1 atom stereocenters. The summed E-state index contributed by atoms with van der Waals surface area (Å²) >= 11 is 0. The summed E-state index contributed by atoms with van der Waals surface area (Å²) in [6, 6.07) is 16.5. The van der Waals surface area contributed by atoms with Crippen LogP contribution < -0.4 is 14.8 Å². The van der Waals surface area contributed by atoms with Crippen molar-refractivity contribution in [1.82, 2.24) is 5.32 Å². The van der Waals surface area contributed by atoms with Crippen molar-refractivity contribution in [3.63, 3.8) is 0 Å². The standard InChI is InChI=1S/C23H27NO4/c1-26-21-12-9-18(20-13-14-24-23(25)28-20)15-22(21)27-19-10-7-17(8-11-19)16-5-3-2-4-6-16/h2-6,9,12,15,17,19-20H,7-8,10-11,13-14H2,1H3,(H,24,25). The first-order chi connectivity index (χ1) is 13.7. The molecule has 1 aliphatic carbocycles. The molecule has 0 aromatic heterocycles. The molecule has 5 nitrogen and oxygen atoms in total. The zero-order valence-electron chi connectivity index (χ0n) is 16.2. The Morgan fingerprint density at radius 1 is 0.929 bits per heavy atom. The number of hydrogen-bond acceptors (Lipinski definition) is 4. The lowest BCUT2D eigenvalue weighted by atomic mass is 9.83.